The molecule has 0 aromatic heterocycles. The first kappa shape index (κ1) is 29.2. The van der Waals surface area contributed by atoms with Crippen LogP contribution in [0.4, 0.5) is 0 Å². The zero-order valence-corrected chi connectivity index (χ0v) is 24.5. The van der Waals surface area contributed by atoms with Crippen LogP contribution >= 0.6 is 44.1 Å². The van der Waals surface area contributed by atoms with Gasteiger partial charge in [-0.05, 0) is 81.7 Å². The maximum atomic E-state index is 12.7. The molecule has 0 fully saturated rings. The number of rotatable bonds is 10. The molecule has 0 saturated carbocycles. The summed E-state index contributed by atoms with van der Waals surface area (Å²) in [6.45, 7) is 3.52. The quantitative estimate of drug-likeness (QED) is 0.115. The lowest BCUT2D eigenvalue weighted by atomic mass is 9.95. The number of amides is 1. The van der Waals surface area contributed by atoms with Gasteiger partial charge in [0.05, 0.1) is 33.4 Å². The Morgan fingerprint density at radius 3 is 2.63 bits per heavy atom. The van der Waals surface area contributed by atoms with Gasteiger partial charge in [0, 0.05) is 11.3 Å². The number of ether oxygens (including phenoxy) is 3. The van der Waals surface area contributed by atoms with E-state index in [1.54, 1.807) is 50.2 Å². The van der Waals surface area contributed by atoms with E-state index < -0.39 is 17.9 Å². The Hall–Kier alpha value is -3.40. The van der Waals surface area contributed by atoms with E-state index in [4.69, 9.17) is 32.9 Å². The first-order valence-corrected chi connectivity index (χ1v) is 13.3. The molecule has 3 rings (SSSR count). The molecule has 1 heterocycles. The molecular formula is C26H24Br2N4O5S. The number of esters is 1. The highest BCUT2D eigenvalue weighted by molar-refractivity contribution is 9.11. The van der Waals surface area contributed by atoms with Crippen LogP contribution in [-0.2, 0) is 14.3 Å². The third-order valence-corrected chi connectivity index (χ3v) is 6.47. The van der Waals surface area contributed by atoms with E-state index >= 15 is 0 Å². The number of hydrazone groups is 1. The Morgan fingerprint density at radius 1 is 1.24 bits per heavy atom. The van der Waals surface area contributed by atoms with Gasteiger partial charge < -0.3 is 24.8 Å². The van der Waals surface area contributed by atoms with Crippen molar-refractivity contribution in [1.29, 1.82) is 0 Å². The molecule has 3 N–H and O–H groups in total. The minimum atomic E-state index is -0.621. The minimum Gasteiger partial charge on any atom is -0.483 e. The molecule has 9 nitrogen and oxygen atoms in total. The summed E-state index contributed by atoms with van der Waals surface area (Å²) in [6.07, 6.45) is 6.72. The van der Waals surface area contributed by atoms with Crippen molar-refractivity contribution in [3.05, 3.63) is 67.7 Å². The van der Waals surface area contributed by atoms with Gasteiger partial charge in [-0.3, -0.25) is 4.79 Å². The van der Waals surface area contributed by atoms with Crippen molar-refractivity contribution in [3.8, 4) is 23.8 Å². The molecule has 0 aliphatic carbocycles. The summed E-state index contributed by atoms with van der Waals surface area (Å²) in [5.74, 6) is 2.42. The Bertz CT molecular complexity index is 1320. The summed E-state index contributed by atoms with van der Waals surface area (Å²) in [7, 11) is 0. The summed E-state index contributed by atoms with van der Waals surface area (Å²) < 4.78 is 17.9. The van der Waals surface area contributed by atoms with Gasteiger partial charge in [-0.1, -0.05) is 24.1 Å². The Kier molecular flexibility index (Phi) is 10.7. The Labute approximate surface area is 242 Å². The average Bonchev–Trinajstić information content (AvgIpc) is 2.87. The molecule has 1 aliphatic heterocycles. The molecule has 0 unspecified atom stereocenters. The van der Waals surface area contributed by atoms with Crippen molar-refractivity contribution in [2.45, 2.75) is 19.9 Å². The molecule has 12 heteroatoms. The van der Waals surface area contributed by atoms with Crippen LogP contribution < -0.4 is 25.5 Å². The molecule has 0 radical (unpaired) electrons. The molecule has 2 aromatic carbocycles. The Morgan fingerprint density at radius 2 is 1.95 bits per heavy atom. The molecule has 1 aliphatic rings. The van der Waals surface area contributed by atoms with Gasteiger partial charge in [-0.15, -0.1) is 6.42 Å². The molecule has 1 amide bonds. The fourth-order valence-electron chi connectivity index (χ4n) is 3.52. The van der Waals surface area contributed by atoms with Crippen molar-refractivity contribution >= 4 is 67.3 Å². The van der Waals surface area contributed by atoms with Crippen molar-refractivity contribution in [2.24, 2.45) is 5.10 Å². The highest BCUT2D eigenvalue weighted by atomic mass is 79.9. The van der Waals surface area contributed by atoms with E-state index in [1.807, 2.05) is 0 Å². The van der Waals surface area contributed by atoms with Crippen molar-refractivity contribution in [3.63, 3.8) is 0 Å². The summed E-state index contributed by atoms with van der Waals surface area (Å²) in [5.41, 5.74) is 4.71. The number of halogens is 2. The fourth-order valence-corrected chi connectivity index (χ4v) is 5.24. The number of thiocarbonyl (C=S) groups is 1. The number of allylic oxidation sites excluding steroid dienone is 1. The van der Waals surface area contributed by atoms with Crippen LogP contribution in [0.5, 0.6) is 11.5 Å². The number of hydrogen-bond acceptors (Lipinski definition) is 7. The van der Waals surface area contributed by atoms with E-state index in [0.717, 1.165) is 0 Å². The molecule has 38 heavy (non-hydrogen) atoms. The van der Waals surface area contributed by atoms with E-state index in [0.29, 0.717) is 48.0 Å². The number of hydrogen-bond donors (Lipinski definition) is 3. The molecule has 198 valence electrons. The number of nitrogens with zero attached hydrogens (tertiary/aromatic N) is 1. The first-order chi connectivity index (χ1) is 18.2. The largest absolute Gasteiger partial charge is 0.483 e. The van der Waals surface area contributed by atoms with Gasteiger partial charge in [0.1, 0.15) is 18.1 Å². The number of benzene rings is 2. The average molecular weight is 664 g/mol. The number of terminal acetylenes is 1. The van der Waals surface area contributed by atoms with Crippen molar-refractivity contribution < 1.29 is 23.8 Å². The van der Waals surface area contributed by atoms with Gasteiger partial charge >= 0.3 is 5.97 Å². The zero-order chi connectivity index (χ0) is 27.7. The number of para-hydroxylation sites is 1. The summed E-state index contributed by atoms with van der Waals surface area (Å²) >= 11 is 12.1. The maximum Gasteiger partial charge on any atom is 0.338 e. The topological polar surface area (TPSA) is 110 Å². The standard InChI is InChI=1S/C26H24Br2N4O5S/c1-4-10-36-24-18(27)11-16(12-19(24)28)13-29-32-21(33)14-37-20-9-7-6-8-17(20)23-22(25(34)35-5-2)15(3)30-26(38)31-23/h1,6-9,11-13,23H,5,10,14H2,2-3H3,(H,32,33)(H2,30,31,38)/t23-/m1/s1. The smallest absolute Gasteiger partial charge is 0.338 e. The fraction of sp³-hybridized carbons (Fsp3) is 0.231. The molecule has 1 atom stereocenters. The van der Waals surface area contributed by atoms with Crippen LogP contribution in [0.3, 0.4) is 0 Å². The van der Waals surface area contributed by atoms with Gasteiger partial charge in [0.2, 0.25) is 0 Å². The van der Waals surface area contributed by atoms with Crippen molar-refractivity contribution in [1.82, 2.24) is 16.1 Å². The normalized spacial score (nSPS) is 14.8. The monoisotopic (exact) mass is 662 g/mol. The lowest BCUT2D eigenvalue weighted by Gasteiger charge is -2.30. The van der Waals surface area contributed by atoms with Crippen LogP contribution in [0.2, 0.25) is 0 Å². The third-order valence-electron chi connectivity index (χ3n) is 5.08. The molecule has 0 spiro atoms. The highest BCUT2D eigenvalue weighted by Crippen LogP contribution is 2.35. The summed E-state index contributed by atoms with van der Waals surface area (Å²) in [5, 5.41) is 10.4. The number of carbonyl (C=O) groups excluding carboxylic acids is 2. The second-order valence-electron chi connectivity index (χ2n) is 7.72. The second-order valence-corrected chi connectivity index (χ2v) is 9.83. The molecule has 2 aromatic rings. The third kappa shape index (κ3) is 7.56. The van der Waals surface area contributed by atoms with Crippen LogP contribution in [0.15, 0.2) is 61.7 Å². The molecule has 0 saturated heterocycles. The Balaban J connectivity index is 1.68. The maximum absolute atomic E-state index is 12.7. The van der Waals surface area contributed by atoms with Crippen LogP contribution in [0.25, 0.3) is 0 Å². The SMILES string of the molecule is C#CCOc1c(Br)cc(C=NNC(=O)COc2ccccc2[C@H]2NC(=S)NC(C)=C2C(=O)OCC)cc1Br. The molecular weight excluding hydrogens is 640 g/mol. The van der Waals surface area contributed by atoms with Gasteiger partial charge in [-0.25, -0.2) is 10.2 Å². The number of nitrogens with one attached hydrogen (secondary N) is 3. The molecule has 0 bridgehead atoms. The lowest BCUT2D eigenvalue weighted by molar-refractivity contribution is -0.139. The van der Waals surface area contributed by atoms with Crippen LogP contribution in [0, 0.1) is 12.3 Å². The predicted molar refractivity (Wildman–Crippen MR) is 155 cm³/mol. The predicted octanol–water partition coefficient (Wildman–Crippen LogP) is 4.11. The summed E-state index contributed by atoms with van der Waals surface area (Å²) in [6, 6.07) is 9.98. The summed E-state index contributed by atoms with van der Waals surface area (Å²) in [4.78, 5) is 25.1. The second kappa shape index (κ2) is 13.9. The highest BCUT2D eigenvalue weighted by Gasteiger charge is 2.32. The van der Waals surface area contributed by atoms with Gasteiger partial charge in [0.15, 0.2) is 11.7 Å². The van der Waals surface area contributed by atoms with Crippen molar-refractivity contribution in [2.75, 3.05) is 19.8 Å². The number of carbonyl (C=O) groups is 2. The van der Waals surface area contributed by atoms with E-state index in [2.05, 4.69) is 58.9 Å². The van der Waals surface area contributed by atoms with Crippen LogP contribution in [-0.4, -0.2) is 43.0 Å². The first-order valence-electron chi connectivity index (χ1n) is 11.3. The zero-order valence-electron chi connectivity index (χ0n) is 20.5. The van der Waals surface area contributed by atoms with Crippen LogP contribution in [0.1, 0.15) is 31.0 Å². The lowest BCUT2D eigenvalue weighted by Crippen LogP contribution is -2.45. The van der Waals surface area contributed by atoms with Gasteiger partial charge in [-0.2, -0.15) is 5.10 Å². The van der Waals surface area contributed by atoms with Gasteiger partial charge in [0.25, 0.3) is 5.91 Å². The minimum absolute atomic E-state index is 0.129. The van der Waals surface area contributed by atoms with E-state index in [9.17, 15) is 9.59 Å². The van der Waals surface area contributed by atoms with E-state index in [-0.39, 0.29) is 19.8 Å². The van der Waals surface area contributed by atoms with E-state index in [1.165, 1.54) is 6.21 Å².